The summed E-state index contributed by atoms with van der Waals surface area (Å²) in [5, 5.41) is 3.23. The Kier molecular flexibility index (Phi) is 6.50. The van der Waals surface area contributed by atoms with Crippen LogP contribution in [0.5, 0.6) is 0 Å². The van der Waals surface area contributed by atoms with Crippen molar-refractivity contribution in [1.29, 1.82) is 0 Å². The zero-order valence-electron chi connectivity index (χ0n) is 20.0. The molecule has 3 N–H and O–H groups in total. The molecule has 188 valence electrons. The van der Waals surface area contributed by atoms with Gasteiger partial charge in [-0.25, -0.2) is 18.4 Å². The number of anilines is 5. The molecule has 5 rings (SSSR count). The quantitative estimate of drug-likeness (QED) is 0.477. The van der Waals surface area contributed by atoms with Crippen LogP contribution in [-0.2, 0) is 10.0 Å². The molecular weight excluding hydrogens is 478 g/mol. The number of rotatable bonds is 8. The van der Waals surface area contributed by atoms with E-state index in [0.29, 0.717) is 55.1 Å². The minimum Gasteiger partial charge on any atom is -0.368 e. The maximum absolute atomic E-state index is 12.2. The fourth-order valence-electron chi connectivity index (χ4n) is 4.43. The molecule has 1 amide bonds. The van der Waals surface area contributed by atoms with Crippen LogP contribution in [0, 0.1) is 0 Å². The van der Waals surface area contributed by atoms with Crippen LogP contribution in [0.4, 0.5) is 28.7 Å². The summed E-state index contributed by atoms with van der Waals surface area (Å²) in [4.78, 5) is 25.4. The molecule has 1 aromatic carbocycles. The summed E-state index contributed by atoms with van der Waals surface area (Å²) in [6.07, 6.45) is 6.59. The van der Waals surface area contributed by atoms with E-state index in [9.17, 15) is 13.2 Å². The highest BCUT2D eigenvalue weighted by atomic mass is 32.2. The lowest BCUT2D eigenvalue weighted by Gasteiger charge is -2.34. The third-order valence-electron chi connectivity index (χ3n) is 6.43. The predicted molar refractivity (Wildman–Crippen MR) is 141 cm³/mol. The highest BCUT2D eigenvalue weighted by Gasteiger charge is 2.33. The van der Waals surface area contributed by atoms with Gasteiger partial charge in [0.05, 0.1) is 29.4 Å². The molecule has 0 unspecified atom stereocenters. The van der Waals surface area contributed by atoms with Gasteiger partial charge in [0.15, 0.2) is 0 Å². The Labute approximate surface area is 210 Å². The van der Waals surface area contributed by atoms with Crippen LogP contribution < -0.4 is 20.9 Å². The molecule has 2 aromatic heterocycles. The van der Waals surface area contributed by atoms with Crippen LogP contribution >= 0.6 is 0 Å². The average Bonchev–Trinajstić information content (AvgIpc) is 3.70. The monoisotopic (exact) mass is 507 g/mol. The number of para-hydroxylation sites is 1. The van der Waals surface area contributed by atoms with E-state index in [-0.39, 0.29) is 0 Å². The summed E-state index contributed by atoms with van der Waals surface area (Å²) >= 11 is 0. The molecule has 10 nitrogen and oxygen atoms in total. The second-order valence-electron chi connectivity index (χ2n) is 9.06. The molecule has 2 aliphatic rings. The van der Waals surface area contributed by atoms with Crippen molar-refractivity contribution in [3.63, 3.8) is 0 Å². The number of aromatic nitrogens is 2. The fraction of sp³-hybridized carbons (Fsp3) is 0.320. The number of hydrogen-bond donors (Lipinski definition) is 2. The predicted octanol–water partition coefficient (Wildman–Crippen LogP) is 2.70. The second kappa shape index (κ2) is 9.75. The van der Waals surface area contributed by atoms with Gasteiger partial charge in [0, 0.05) is 50.2 Å². The number of hydrogen-bond acceptors (Lipinski definition) is 8. The zero-order chi connectivity index (χ0) is 25.3. The van der Waals surface area contributed by atoms with E-state index in [4.69, 9.17) is 5.73 Å². The number of benzene rings is 1. The molecule has 11 heteroatoms. The van der Waals surface area contributed by atoms with Gasteiger partial charge in [0.25, 0.3) is 5.91 Å². The first-order chi connectivity index (χ1) is 17.3. The summed E-state index contributed by atoms with van der Waals surface area (Å²) in [6, 6.07) is 15.9. The van der Waals surface area contributed by atoms with Gasteiger partial charge in [-0.05, 0) is 37.1 Å². The Morgan fingerprint density at radius 2 is 1.69 bits per heavy atom. The molecule has 1 saturated carbocycles. The van der Waals surface area contributed by atoms with Gasteiger partial charge < -0.3 is 20.9 Å². The lowest BCUT2D eigenvalue weighted by molar-refractivity contribution is 0.100. The largest absolute Gasteiger partial charge is 0.368 e. The van der Waals surface area contributed by atoms with Crippen molar-refractivity contribution in [3.05, 3.63) is 66.5 Å². The Morgan fingerprint density at radius 1 is 1.00 bits per heavy atom. The van der Waals surface area contributed by atoms with Gasteiger partial charge in [-0.1, -0.05) is 18.2 Å². The molecule has 36 heavy (non-hydrogen) atoms. The molecule has 1 aliphatic heterocycles. The number of carbonyl (C=O) groups excluding carboxylic acids is 1. The van der Waals surface area contributed by atoms with Gasteiger partial charge in [-0.2, -0.15) is 4.31 Å². The van der Waals surface area contributed by atoms with E-state index in [1.807, 2.05) is 48.5 Å². The lowest BCUT2D eigenvalue weighted by Crippen LogP contribution is -2.48. The van der Waals surface area contributed by atoms with E-state index in [2.05, 4.69) is 25.1 Å². The van der Waals surface area contributed by atoms with Crippen LogP contribution in [0.3, 0.4) is 0 Å². The van der Waals surface area contributed by atoms with Gasteiger partial charge >= 0.3 is 0 Å². The van der Waals surface area contributed by atoms with Crippen molar-refractivity contribution in [1.82, 2.24) is 14.3 Å². The molecule has 0 atom stereocenters. The number of sulfonamides is 1. The van der Waals surface area contributed by atoms with Crippen molar-refractivity contribution in [3.8, 4) is 0 Å². The number of primary amides is 1. The van der Waals surface area contributed by atoms with Crippen LogP contribution in [0.15, 0.2) is 60.9 Å². The van der Waals surface area contributed by atoms with Crippen LogP contribution in [0.1, 0.15) is 23.2 Å². The van der Waals surface area contributed by atoms with Crippen molar-refractivity contribution in [2.45, 2.75) is 18.9 Å². The lowest BCUT2D eigenvalue weighted by atomic mass is 10.1. The van der Waals surface area contributed by atoms with Gasteiger partial charge in [0.2, 0.25) is 10.0 Å². The van der Waals surface area contributed by atoms with Crippen LogP contribution in [0.2, 0.25) is 0 Å². The van der Waals surface area contributed by atoms with Crippen molar-refractivity contribution in [2.75, 3.05) is 47.6 Å². The summed E-state index contributed by atoms with van der Waals surface area (Å²) < 4.78 is 25.0. The average molecular weight is 508 g/mol. The highest BCUT2D eigenvalue weighted by Crippen LogP contribution is 2.40. The minimum absolute atomic E-state index is 0.307. The van der Waals surface area contributed by atoms with Gasteiger partial charge in [-0.15, -0.1) is 0 Å². The number of piperazine rings is 1. The van der Waals surface area contributed by atoms with Crippen LogP contribution in [-0.4, -0.2) is 67.1 Å². The molecule has 0 spiro atoms. The molecule has 1 aliphatic carbocycles. The SMILES string of the molecule is CS(=O)(=O)N1CCN(c2ccc(Nc3cc(N(c4ccccc4)C4CC4)c(C(N)=O)cn3)nc2)CC1. The summed E-state index contributed by atoms with van der Waals surface area (Å²) in [6.45, 7) is 2.13. The third-order valence-corrected chi connectivity index (χ3v) is 7.73. The molecular formula is C25H29N7O3S. The van der Waals surface area contributed by atoms with E-state index >= 15 is 0 Å². The smallest absolute Gasteiger partial charge is 0.252 e. The topological polar surface area (TPSA) is 125 Å². The number of carbonyl (C=O) groups is 1. The number of nitrogens with two attached hydrogens (primary N) is 1. The van der Waals surface area contributed by atoms with Gasteiger partial charge in [0.1, 0.15) is 11.6 Å². The summed E-state index contributed by atoms with van der Waals surface area (Å²) in [5.41, 5.74) is 8.70. The van der Waals surface area contributed by atoms with Gasteiger partial charge in [-0.3, -0.25) is 4.79 Å². The summed E-state index contributed by atoms with van der Waals surface area (Å²) in [5.74, 6) is 0.638. The Hall–Kier alpha value is -3.70. The van der Waals surface area contributed by atoms with E-state index in [1.165, 1.54) is 16.8 Å². The van der Waals surface area contributed by atoms with Crippen molar-refractivity contribution < 1.29 is 13.2 Å². The van der Waals surface area contributed by atoms with E-state index in [0.717, 1.165) is 24.2 Å². The highest BCUT2D eigenvalue weighted by molar-refractivity contribution is 7.88. The van der Waals surface area contributed by atoms with Crippen molar-refractivity contribution >= 4 is 44.6 Å². The number of pyridine rings is 2. The number of nitrogens with zero attached hydrogens (tertiary/aromatic N) is 5. The molecule has 0 bridgehead atoms. The molecule has 0 radical (unpaired) electrons. The first-order valence-electron chi connectivity index (χ1n) is 11.9. The zero-order valence-corrected chi connectivity index (χ0v) is 20.9. The molecule has 2 fully saturated rings. The molecule has 3 heterocycles. The molecule has 3 aromatic rings. The standard InChI is InChI=1S/C25H29N7O3S/c1-36(34,35)31-13-11-30(12-14-31)20-9-10-23(27-16-20)29-24-15-22(21(17-28-24)25(26)33)32(19-7-8-19)18-5-3-2-4-6-18/h2-6,9-10,15-17,19H,7-8,11-14H2,1H3,(H2,26,33)(H,27,28,29). The first-order valence-corrected chi connectivity index (χ1v) is 13.7. The number of amides is 1. The number of nitrogens with one attached hydrogen (secondary N) is 1. The Morgan fingerprint density at radius 3 is 2.28 bits per heavy atom. The van der Waals surface area contributed by atoms with Crippen LogP contribution in [0.25, 0.3) is 0 Å². The Bertz CT molecular complexity index is 1340. The maximum atomic E-state index is 12.2. The maximum Gasteiger partial charge on any atom is 0.252 e. The Balaban J connectivity index is 1.35. The summed E-state index contributed by atoms with van der Waals surface area (Å²) in [7, 11) is -3.17. The fourth-order valence-corrected chi connectivity index (χ4v) is 5.25. The molecule has 1 saturated heterocycles. The third kappa shape index (κ3) is 5.26. The minimum atomic E-state index is -3.17. The van der Waals surface area contributed by atoms with Crippen molar-refractivity contribution in [2.24, 2.45) is 5.73 Å². The van der Waals surface area contributed by atoms with E-state index in [1.54, 1.807) is 6.20 Å². The second-order valence-corrected chi connectivity index (χ2v) is 11.0. The first kappa shape index (κ1) is 24.0. The van der Waals surface area contributed by atoms with E-state index < -0.39 is 15.9 Å². The normalized spacial score (nSPS) is 16.5.